The summed E-state index contributed by atoms with van der Waals surface area (Å²) >= 11 is 5.65. The van der Waals surface area contributed by atoms with E-state index < -0.39 is 0 Å². The zero-order valence-electron chi connectivity index (χ0n) is 23.3. The highest BCUT2D eigenvalue weighted by molar-refractivity contribution is 7.80. The van der Waals surface area contributed by atoms with Crippen molar-refractivity contribution in [3.8, 4) is 11.3 Å². The van der Waals surface area contributed by atoms with Gasteiger partial charge in [-0.3, -0.25) is 0 Å². The van der Waals surface area contributed by atoms with E-state index in [0.29, 0.717) is 17.6 Å². The molecule has 0 unspecified atom stereocenters. The van der Waals surface area contributed by atoms with Gasteiger partial charge in [0.25, 0.3) is 0 Å². The molecule has 0 amide bonds. The van der Waals surface area contributed by atoms with Crippen molar-refractivity contribution in [3.05, 3.63) is 84.6 Å². The Morgan fingerprint density at radius 3 is 2.00 bits per heavy atom. The largest absolute Gasteiger partial charge is 0.459 e. The Morgan fingerprint density at radius 1 is 0.707 bits per heavy atom. The van der Waals surface area contributed by atoms with Crippen LogP contribution in [-0.4, -0.2) is 54.3 Å². The number of hydrogen-bond acceptors (Lipinski definition) is 7. The first-order valence-corrected chi connectivity index (χ1v) is 15.0. The molecule has 9 heteroatoms. The van der Waals surface area contributed by atoms with Crippen molar-refractivity contribution in [1.29, 1.82) is 0 Å². The molecule has 2 saturated heterocycles. The first-order valence-electron chi connectivity index (χ1n) is 14.6. The van der Waals surface area contributed by atoms with Crippen LogP contribution >= 0.6 is 12.2 Å². The summed E-state index contributed by atoms with van der Waals surface area (Å²) in [5.41, 5.74) is 2.32. The second-order valence-corrected chi connectivity index (χ2v) is 11.0. The maximum absolute atomic E-state index is 6.02. The fraction of sp³-hybridized carbons (Fsp3) is 0.344. The Bertz CT molecular complexity index is 1410. The first-order chi connectivity index (χ1) is 20.2. The van der Waals surface area contributed by atoms with E-state index in [-0.39, 0.29) is 0 Å². The van der Waals surface area contributed by atoms with E-state index >= 15 is 0 Å². The average Bonchev–Trinajstić information content (AvgIpc) is 3.34. The zero-order chi connectivity index (χ0) is 27.9. The molecule has 0 radical (unpaired) electrons. The number of nitrogens with one attached hydrogen (secondary N) is 2. The lowest BCUT2D eigenvalue weighted by molar-refractivity contribution is 0.516. The van der Waals surface area contributed by atoms with Gasteiger partial charge in [-0.25, -0.2) is 0 Å². The van der Waals surface area contributed by atoms with Gasteiger partial charge in [-0.1, -0.05) is 61.4 Å². The highest BCUT2D eigenvalue weighted by Gasteiger charge is 2.22. The van der Waals surface area contributed by atoms with Gasteiger partial charge >= 0.3 is 0 Å². The summed E-state index contributed by atoms with van der Waals surface area (Å²) in [5.74, 6) is 4.08. The lowest BCUT2D eigenvalue weighted by atomic mass is 10.2. The Balaban J connectivity index is 1.14. The topological polar surface area (TPSA) is 72.7 Å². The summed E-state index contributed by atoms with van der Waals surface area (Å²) in [4.78, 5) is 17.0. The molecule has 6 rings (SSSR count). The summed E-state index contributed by atoms with van der Waals surface area (Å²) in [7, 11) is 0. The van der Waals surface area contributed by atoms with Crippen molar-refractivity contribution in [2.75, 3.05) is 59.3 Å². The number of hydrogen-bond donors (Lipinski definition) is 2. The Kier molecular flexibility index (Phi) is 8.61. The number of rotatable bonds is 7. The predicted octanol–water partition coefficient (Wildman–Crippen LogP) is 5.93. The number of para-hydroxylation sites is 1. The number of benzene rings is 2. The molecule has 2 N–H and O–H groups in total. The van der Waals surface area contributed by atoms with Gasteiger partial charge in [0.15, 0.2) is 5.11 Å². The zero-order valence-corrected chi connectivity index (χ0v) is 24.2. The Morgan fingerprint density at radius 2 is 1.32 bits per heavy atom. The van der Waals surface area contributed by atoms with Crippen LogP contribution in [-0.2, 0) is 6.54 Å². The molecule has 0 bridgehead atoms. The van der Waals surface area contributed by atoms with Gasteiger partial charge in [-0.05, 0) is 49.3 Å². The smallest absolute Gasteiger partial charge is 0.232 e. The van der Waals surface area contributed by atoms with Crippen molar-refractivity contribution in [2.24, 2.45) is 0 Å². The van der Waals surface area contributed by atoms with Crippen molar-refractivity contribution in [3.63, 3.8) is 0 Å². The number of nitrogens with zero attached hydrogens (tertiary/aromatic N) is 5. The molecule has 41 heavy (non-hydrogen) atoms. The fourth-order valence-electron chi connectivity index (χ4n) is 5.48. The molecule has 0 spiro atoms. The lowest BCUT2D eigenvalue weighted by Gasteiger charge is -2.37. The maximum Gasteiger partial charge on any atom is 0.232 e. The van der Waals surface area contributed by atoms with E-state index in [9.17, 15) is 0 Å². The van der Waals surface area contributed by atoms with Crippen molar-refractivity contribution < 1.29 is 4.42 Å². The number of anilines is 4. The van der Waals surface area contributed by atoms with Crippen molar-refractivity contribution >= 4 is 40.6 Å². The molecule has 2 aliphatic rings. The molecular formula is C32H37N7OS. The van der Waals surface area contributed by atoms with Gasteiger partial charge in [0.1, 0.15) is 23.2 Å². The monoisotopic (exact) mass is 567 g/mol. The van der Waals surface area contributed by atoms with Crippen LogP contribution in [0.3, 0.4) is 0 Å². The Hall–Kier alpha value is -4.11. The van der Waals surface area contributed by atoms with E-state index in [4.69, 9.17) is 26.6 Å². The van der Waals surface area contributed by atoms with E-state index in [1.54, 1.807) is 0 Å². The minimum atomic E-state index is 0.468. The second kappa shape index (κ2) is 13.0. The molecule has 2 aliphatic heterocycles. The standard InChI is InChI=1S/C32H37N7OS/c41-32(33-24-27-15-16-28(40-27)25-11-5-3-6-12-25)36-31-34-29(38-17-9-1-2-10-18-38)23-30(35-31)39-21-19-37(20-22-39)26-13-7-4-8-14-26/h3-8,11-16,23H,1-2,9-10,17-22,24H2,(H2,33,34,35,36,41). The molecule has 4 heterocycles. The number of thiocarbonyl (C=S) groups is 1. The maximum atomic E-state index is 6.02. The van der Waals surface area contributed by atoms with Crippen LogP contribution in [0.4, 0.5) is 23.3 Å². The summed E-state index contributed by atoms with van der Waals surface area (Å²) < 4.78 is 6.02. The van der Waals surface area contributed by atoms with E-state index in [1.165, 1.54) is 31.4 Å². The molecular weight excluding hydrogens is 530 g/mol. The third-order valence-corrected chi connectivity index (χ3v) is 7.97. The lowest BCUT2D eigenvalue weighted by Crippen LogP contribution is -2.47. The normalized spacial score (nSPS) is 15.9. The van der Waals surface area contributed by atoms with Crippen LogP contribution in [0.25, 0.3) is 11.3 Å². The van der Waals surface area contributed by atoms with Gasteiger partial charge in [-0.15, -0.1) is 0 Å². The third-order valence-electron chi connectivity index (χ3n) is 7.72. The average molecular weight is 568 g/mol. The van der Waals surface area contributed by atoms with Gasteiger partial charge in [0.05, 0.1) is 6.54 Å². The van der Waals surface area contributed by atoms with E-state index in [0.717, 1.165) is 68.0 Å². The predicted molar refractivity (Wildman–Crippen MR) is 171 cm³/mol. The quantitative estimate of drug-likeness (QED) is 0.264. The molecule has 8 nitrogen and oxygen atoms in total. The number of aromatic nitrogens is 2. The summed E-state index contributed by atoms with van der Waals surface area (Å²) in [6.45, 7) is 6.20. The van der Waals surface area contributed by atoms with E-state index in [2.05, 4.69) is 61.7 Å². The van der Waals surface area contributed by atoms with Crippen molar-refractivity contribution in [1.82, 2.24) is 15.3 Å². The molecule has 0 saturated carbocycles. The fourth-order valence-corrected chi connectivity index (χ4v) is 5.64. The van der Waals surface area contributed by atoms with Crippen molar-refractivity contribution in [2.45, 2.75) is 32.2 Å². The molecule has 2 aromatic heterocycles. The van der Waals surface area contributed by atoms with Gasteiger partial charge in [0, 0.05) is 56.6 Å². The van der Waals surface area contributed by atoms with Gasteiger partial charge in [-0.2, -0.15) is 9.97 Å². The SMILES string of the molecule is S=C(NCc1ccc(-c2ccccc2)o1)Nc1nc(N2CCCCCC2)cc(N2CCN(c3ccccc3)CC2)n1. The molecule has 2 fully saturated rings. The third kappa shape index (κ3) is 6.97. The molecule has 2 aromatic carbocycles. The highest BCUT2D eigenvalue weighted by Crippen LogP contribution is 2.26. The minimum Gasteiger partial charge on any atom is -0.459 e. The van der Waals surface area contributed by atoms with E-state index in [1.807, 2.05) is 42.5 Å². The van der Waals surface area contributed by atoms with Gasteiger partial charge in [0.2, 0.25) is 5.95 Å². The first kappa shape index (κ1) is 27.1. The minimum absolute atomic E-state index is 0.468. The molecule has 0 atom stereocenters. The highest BCUT2D eigenvalue weighted by atomic mass is 32.1. The second-order valence-electron chi connectivity index (χ2n) is 10.6. The number of piperazine rings is 1. The van der Waals surface area contributed by atoms with Crippen LogP contribution in [0.1, 0.15) is 31.4 Å². The molecule has 212 valence electrons. The summed E-state index contributed by atoms with van der Waals surface area (Å²) in [6.07, 6.45) is 4.92. The summed E-state index contributed by atoms with van der Waals surface area (Å²) in [6, 6.07) is 26.8. The van der Waals surface area contributed by atoms with Crippen LogP contribution in [0.15, 0.2) is 83.3 Å². The molecule has 4 aromatic rings. The number of furan rings is 1. The van der Waals surface area contributed by atoms with Crippen LogP contribution in [0, 0.1) is 0 Å². The van der Waals surface area contributed by atoms with Crippen LogP contribution in [0.2, 0.25) is 0 Å². The summed E-state index contributed by atoms with van der Waals surface area (Å²) in [5, 5.41) is 6.98. The van der Waals surface area contributed by atoms with Crippen LogP contribution < -0.4 is 25.3 Å². The van der Waals surface area contributed by atoms with Crippen LogP contribution in [0.5, 0.6) is 0 Å². The van der Waals surface area contributed by atoms with Gasteiger partial charge < -0.3 is 29.8 Å². The molecule has 0 aliphatic carbocycles. The Labute approximate surface area is 247 Å².